The Morgan fingerprint density at radius 3 is 2.56 bits per heavy atom. The largest absolute Gasteiger partial charge is 0.386 e. The van der Waals surface area contributed by atoms with Crippen LogP contribution in [0.1, 0.15) is 0 Å². The summed E-state index contributed by atoms with van der Waals surface area (Å²) in [6.07, 6.45) is -1.89. The van der Waals surface area contributed by atoms with Crippen LogP contribution in [0.5, 0.6) is 0 Å². The topological polar surface area (TPSA) is 47.0 Å². The van der Waals surface area contributed by atoms with Gasteiger partial charge in [-0.05, 0) is 0 Å². The first-order valence-corrected chi connectivity index (χ1v) is 6.41. The van der Waals surface area contributed by atoms with Crippen LogP contribution in [0.4, 0.5) is 13.2 Å². The van der Waals surface area contributed by atoms with E-state index in [0.29, 0.717) is 11.3 Å². The fourth-order valence-electron chi connectivity index (χ4n) is 0.766. The van der Waals surface area contributed by atoms with E-state index in [1.807, 2.05) is 0 Å². The van der Waals surface area contributed by atoms with E-state index in [9.17, 15) is 21.6 Å². The first-order valence-electron chi connectivity index (χ1n) is 3.74. The number of halogens is 4. The van der Waals surface area contributed by atoms with Crippen LogP contribution in [0.25, 0.3) is 0 Å². The minimum atomic E-state index is -5.19. The lowest BCUT2D eigenvalue weighted by atomic mass is 10.4. The zero-order valence-electron chi connectivity index (χ0n) is 7.53. The van der Waals surface area contributed by atoms with Crippen LogP contribution in [-0.4, -0.2) is 24.8 Å². The van der Waals surface area contributed by atoms with Gasteiger partial charge in [-0.3, -0.25) is 0 Å². The van der Waals surface area contributed by atoms with Crippen molar-refractivity contribution < 1.29 is 21.6 Å². The average molecular weight is 292 g/mol. The van der Waals surface area contributed by atoms with Crippen molar-refractivity contribution in [3.63, 3.8) is 0 Å². The predicted molar refractivity (Wildman–Crippen MR) is 54.3 cm³/mol. The molecule has 1 heterocycles. The second-order valence-electron chi connectivity index (χ2n) is 2.63. The molecule has 0 amide bonds. The Morgan fingerprint density at radius 1 is 1.62 bits per heavy atom. The Morgan fingerprint density at radius 2 is 2.19 bits per heavy atom. The van der Waals surface area contributed by atoms with E-state index in [2.05, 4.69) is 11.6 Å². The van der Waals surface area contributed by atoms with Crippen molar-refractivity contribution in [1.82, 2.24) is 4.98 Å². The third-order valence-electron chi connectivity index (χ3n) is 1.57. The lowest BCUT2D eigenvalue weighted by Crippen LogP contribution is -2.37. The van der Waals surface area contributed by atoms with Gasteiger partial charge in [0.05, 0.1) is 6.20 Å². The number of aromatic nitrogens is 1. The van der Waals surface area contributed by atoms with Gasteiger partial charge in [0.15, 0.2) is 6.17 Å². The van der Waals surface area contributed by atoms with Crippen molar-refractivity contribution in [2.75, 3.05) is 0 Å². The number of alkyl halides is 3. The molecule has 0 fully saturated rings. The number of hydrogen-bond donors (Lipinski definition) is 0. The number of hydrogen-bond acceptors (Lipinski definition) is 4. The maximum Gasteiger partial charge on any atom is 0.386 e. The predicted octanol–water partition coefficient (Wildman–Crippen LogP) is 2.69. The fourth-order valence-corrected chi connectivity index (χ4v) is 3.41. The van der Waals surface area contributed by atoms with Crippen molar-refractivity contribution in [1.29, 1.82) is 0 Å². The summed E-state index contributed by atoms with van der Waals surface area (Å²) < 4.78 is 60.8. The van der Waals surface area contributed by atoms with E-state index in [0.717, 1.165) is 6.20 Å². The lowest BCUT2D eigenvalue weighted by Gasteiger charge is -2.16. The summed E-state index contributed by atoms with van der Waals surface area (Å²) in [5, 5.41) is -4.60. The molecule has 0 aliphatic rings. The molecule has 1 atom stereocenters. The summed E-state index contributed by atoms with van der Waals surface area (Å²) in [6, 6.07) is 0. The smallest absolute Gasteiger partial charge is 0.235 e. The minimum absolute atomic E-state index is 0.0802. The number of thiazole rings is 1. The molecule has 9 heteroatoms. The molecule has 1 aromatic heterocycles. The Kier molecular flexibility index (Phi) is 3.65. The average Bonchev–Trinajstić information content (AvgIpc) is 2.63. The summed E-state index contributed by atoms with van der Waals surface area (Å²) in [5.74, 6) is 0. The van der Waals surface area contributed by atoms with E-state index in [4.69, 9.17) is 11.6 Å². The summed E-state index contributed by atoms with van der Waals surface area (Å²) >= 11 is 5.70. The normalized spacial score (nSPS) is 14.8. The molecule has 1 aromatic rings. The number of rotatable bonds is 4. The van der Waals surface area contributed by atoms with Gasteiger partial charge in [-0.2, -0.15) is 8.78 Å². The van der Waals surface area contributed by atoms with Gasteiger partial charge in [-0.1, -0.05) is 35.6 Å². The molecule has 0 spiro atoms. The Labute approximate surface area is 98.5 Å². The first-order chi connectivity index (χ1) is 7.23. The minimum Gasteiger partial charge on any atom is -0.235 e. The van der Waals surface area contributed by atoms with E-state index in [1.165, 1.54) is 0 Å². The van der Waals surface area contributed by atoms with Gasteiger partial charge in [0.1, 0.15) is 4.34 Å². The molecule has 0 N–H and O–H groups in total. The summed E-state index contributed by atoms with van der Waals surface area (Å²) in [7, 11) is -5.19. The van der Waals surface area contributed by atoms with Gasteiger partial charge in [-0.25, -0.2) is 17.8 Å². The van der Waals surface area contributed by atoms with E-state index in [1.54, 1.807) is 0 Å². The van der Waals surface area contributed by atoms with Crippen LogP contribution < -0.4 is 0 Å². The highest BCUT2D eigenvalue weighted by Gasteiger charge is 2.54. The molecule has 1 rings (SSSR count). The number of nitrogens with zero attached hydrogens (tertiary/aromatic N) is 1. The van der Waals surface area contributed by atoms with Gasteiger partial charge < -0.3 is 0 Å². The molecule has 0 radical (unpaired) electrons. The van der Waals surface area contributed by atoms with E-state index in [-0.39, 0.29) is 10.4 Å². The molecule has 0 saturated heterocycles. The Bertz CT molecular complexity index is 499. The van der Waals surface area contributed by atoms with Crippen molar-refractivity contribution >= 4 is 32.8 Å². The van der Waals surface area contributed by atoms with Crippen LogP contribution in [0, 0.1) is 0 Å². The molecule has 0 aromatic carbocycles. The van der Waals surface area contributed by atoms with Crippen molar-refractivity contribution in [3.8, 4) is 0 Å². The number of sulfone groups is 1. The number of allylic oxidation sites excluding steroid dienone is 1. The summed E-state index contributed by atoms with van der Waals surface area (Å²) in [6.45, 7) is 2.78. The molecule has 1 unspecified atom stereocenters. The molecular weight excluding hydrogens is 287 g/mol. The molecule has 90 valence electrons. The fraction of sp³-hybridized carbons (Fsp3) is 0.286. The van der Waals surface area contributed by atoms with Gasteiger partial charge >= 0.3 is 5.25 Å². The van der Waals surface area contributed by atoms with Crippen LogP contribution >= 0.6 is 22.9 Å². The van der Waals surface area contributed by atoms with E-state index < -0.39 is 25.6 Å². The van der Waals surface area contributed by atoms with Crippen LogP contribution in [-0.2, 0) is 9.84 Å². The maximum absolute atomic E-state index is 13.2. The molecule has 0 bridgehead atoms. The highest BCUT2D eigenvalue weighted by atomic mass is 35.5. The van der Waals surface area contributed by atoms with E-state index >= 15 is 0 Å². The van der Waals surface area contributed by atoms with Crippen LogP contribution in [0.15, 0.2) is 23.2 Å². The standard InChI is InChI=1S/C7H5ClF3NO2S2/c1-2-4(9)7(10,11)16(13,14)6-12-3-5(8)15-6/h2-4H,1H2. The maximum atomic E-state index is 13.2. The van der Waals surface area contributed by atoms with Crippen molar-refractivity contribution in [2.45, 2.75) is 15.8 Å². The Balaban J connectivity index is 3.26. The van der Waals surface area contributed by atoms with Gasteiger partial charge in [0.2, 0.25) is 4.34 Å². The molecule has 0 aliphatic carbocycles. The highest BCUT2D eigenvalue weighted by Crippen LogP contribution is 2.36. The SMILES string of the molecule is C=CC(F)C(F)(F)S(=O)(=O)c1ncc(Cl)s1. The summed E-state index contributed by atoms with van der Waals surface area (Å²) in [4.78, 5) is 3.19. The third-order valence-corrected chi connectivity index (χ3v) is 4.90. The quantitative estimate of drug-likeness (QED) is 0.801. The second kappa shape index (κ2) is 4.34. The molecule has 16 heavy (non-hydrogen) atoms. The van der Waals surface area contributed by atoms with Crippen molar-refractivity contribution in [3.05, 3.63) is 23.2 Å². The highest BCUT2D eigenvalue weighted by molar-refractivity contribution is 7.94. The second-order valence-corrected chi connectivity index (χ2v) is 6.49. The third kappa shape index (κ3) is 2.09. The molecule has 0 aliphatic heterocycles. The first kappa shape index (κ1) is 13.5. The zero-order chi connectivity index (χ0) is 12.6. The van der Waals surface area contributed by atoms with Gasteiger partial charge in [0, 0.05) is 0 Å². The molecule has 0 saturated carbocycles. The summed E-state index contributed by atoms with van der Waals surface area (Å²) in [5.41, 5.74) is 0. The Hall–Kier alpha value is -0.600. The monoisotopic (exact) mass is 291 g/mol. The zero-order valence-corrected chi connectivity index (χ0v) is 9.92. The van der Waals surface area contributed by atoms with Gasteiger partial charge in [0.25, 0.3) is 9.84 Å². The van der Waals surface area contributed by atoms with Gasteiger partial charge in [-0.15, -0.1) is 0 Å². The van der Waals surface area contributed by atoms with Crippen molar-refractivity contribution in [2.24, 2.45) is 0 Å². The molecular formula is C7H5ClF3NO2S2. The molecule has 3 nitrogen and oxygen atoms in total. The van der Waals surface area contributed by atoms with Crippen LogP contribution in [0.2, 0.25) is 4.34 Å². The van der Waals surface area contributed by atoms with Crippen LogP contribution in [0.3, 0.4) is 0 Å². The lowest BCUT2D eigenvalue weighted by molar-refractivity contribution is 0.0273.